The highest BCUT2D eigenvalue weighted by Crippen LogP contribution is 2.30. The summed E-state index contributed by atoms with van der Waals surface area (Å²) < 4.78 is 23.1. The molecule has 1 aliphatic carbocycles. The molecule has 12 N–H and O–H groups in total. The lowest BCUT2D eigenvalue weighted by Crippen LogP contribution is -2.66. The van der Waals surface area contributed by atoms with Gasteiger partial charge in [-0.1, -0.05) is 0 Å². The van der Waals surface area contributed by atoms with Crippen LogP contribution in [-0.2, 0) is 18.9 Å². The summed E-state index contributed by atoms with van der Waals surface area (Å²) in [6.45, 7) is 0.247. The maximum atomic E-state index is 11.0. The van der Waals surface area contributed by atoms with Crippen LogP contribution in [-0.4, -0.2) is 96.7 Å². The molecule has 1 saturated heterocycles. The molecule has 178 valence electrons. The van der Waals surface area contributed by atoms with Crippen LogP contribution >= 0.6 is 0 Å². The minimum Gasteiger partial charge on any atom is -0.515 e. The lowest BCUT2D eigenvalue weighted by Gasteiger charge is -2.46. The van der Waals surface area contributed by atoms with Crippen molar-refractivity contribution < 1.29 is 34.3 Å². The molecule has 2 fully saturated rings. The van der Waals surface area contributed by atoms with Crippen LogP contribution in [0.2, 0.25) is 0 Å². The summed E-state index contributed by atoms with van der Waals surface area (Å²) in [6, 6.07) is -2.23. The third kappa shape index (κ3) is 5.20. The second kappa shape index (κ2) is 10.5. The Kier molecular flexibility index (Phi) is 8.26. The molecule has 2 aliphatic heterocycles. The molecule has 1 saturated carbocycles. The summed E-state index contributed by atoms with van der Waals surface area (Å²) in [6.07, 6.45) is -2.55. The maximum absolute atomic E-state index is 11.0. The van der Waals surface area contributed by atoms with E-state index in [-0.39, 0.29) is 13.2 Å². The van der Waals surface area contributed by atoms with Crippen molar-refractivity contribution in [3.8, 4) is 0 Å². The first-order chi connectivity index (χ1) is 14.8. The summed E-state index contributed by atoms with van der Waals surface area (Å²) in [5.74, 6) is 0.555. The highest BCUT2D eigenvalue weighted by atomic mass is 16.7. The summed E-state index contributed by atoms with van der Waals surface area (Å²) in [4.78, 5) is 0. The SMILES string of the molecule is CN[C@H]1/C(=C\O)CO[C@H](O[C@H]2[C@H](N)C[C@H](N)C(O[C@H]3OC(CN)=CC[C@H]3N)[C@@H]2O)[C@@H]1O. The zero-order valence-corrected chi connectivity index (χ0v) is 17.5. The Hall–Kier alpha value is -1.32. The van der Waals surface area contributed by atoms with E-state index in [4.69, 9.17) is 41.9 Å². The average molecular weight is 446 g/mol. The third-order valence-corrected chi connectivity index (χ3v) is 5.99. The van der Waals surface area contributed by atoms with Gasteiger partial charge in [-0.3, -0.25) is 0 Å². The number of likely N-dealkylation sites (N-methyl/N-ethyl adjacent to an activating group) is 1. The van der Waals surface area contributed by atoms with E-state index in [1.54, 1.807) is 13.1 Å². The van der Waals surface area contributed by atoms with Crippen molar-refractivity contribution in [3.05, 3.63) is 23.7 Å². The Bertz CT molecular complexity index is 666. The molecule has 2 heterocycles. The van der Waals surface area contributed by atoms with E-state index in [0.717, 1.165) is 6.26 Å². The fourth-order valence-corrected chi connectivity index (χ4v) is 4.21. The topological polar surface area (TPSA) is 214 Å². The second-order valence-electron chi connectivity index (χ2n) is 8.16. The zero-order valence-electron chi connectivity index (χ0n) is 17.5. The number of rotatable bonds is 6. The highest BCUT2D eigenvalue weighted by Gasteiger charge is 2.48. The first kappa shape index (κ1) is 24.3. The van der Waals surface area contributed by atoms with Crippen LogP contribution in [0.25, 0.3) is 0 Å². The minimum atomic E-state index is -1.22. The van der Waals surface area contributed by atoms with Gasteiger partial charge in [0.1, 0.15) is 30.2 Å². The van der Waals surface area contributed by atoms with E-state index < -0.39 is 61.2 Å². The molecule has 12 heteroatoms. The maximum Gasteiger partial charge on any atom is 0.215 e. The predicted octanol–water partition coefficient (Wildman–Crippen LogP) is -3.16. The first-order valence-electron chi connectivity index (χ1n) is 10.4. The van der Waals surface area contributed by atoms with E-state index in [2.05, 4.69) is 5.32 Å². The number of hydrogen-bond acceptors (Lipinski definition) is 12. The molecule has 31 heavy (non-hydrogen) atoms. The molecule has 3 aliphatic rings. The van der Waals surface area contributed by atoms with Crippen molar-refractivity contribution >= 4 is 0 Å². The third-order valence-electron chi connectivity index (χ3n) is 5.99. The van der Waals surface area contributed by atoms with E-state index in [1.807, 2.05) is 0 Å². The molecule has 0 radical (unpaired) electrons. The van der Waals surface area contributed by atoms with E-state index in [9.17, 15) is 15.3 Å². The lowest BCUT2D eigenvalue weighted by atomic mass is 9.84. The summed E-state index contributed by atoms with van der Waals surface area (Å²) in [7, 11) is 1.64. The zero-order chi connectivity index (χ0) is 22.7. The van der Waals surface area contributed by atoms with Gasteiger partial charge in [-0.05, 0) is 26.0 Å². The summed E-state index contributed by atoms with van der Waals surface area (Å²) in [5.41, 5.74) is 24.6. The Morgan fingerprint density at radius 3 is 2.32 bits per heavy atom. The van der Waals surface area contributed by atoms with Crippen LogP contribution in [0.1, 0.15) is 12.8 Å². The van der Waals surface area contributed by atoms with E-state index >= 15 is 0 Å². The molecule has 3 rings (SSSR count). The van der Waals surface area contributed by atoms with Crippen molar-refractivity contribution in [3.63, 3.8) is 0 Å². The number of aliphatic hydroxyl groups excluding tert-OH is 3. The van der Waals surface area contributed by atoms with Crippen molar-refractivity contribution in [1.29, 1.82) is 0 Å². The van der Waals surface area contributed by atoms with Gasteiger partial charge in [0.25, 0.3) is 0 Å². The van der Waals surface area contributed by atoms with Gasteiger partial charge >= 0.3 is 0 Å². The molecule has 0 aromatic heterocycles. The molecule has 1 unspecified atom stereocenters. The Morgan fingerprint density at radius 2 is 1.74 bits per heavy atom. The standard InChI is InChI=1S/C19H35N5O7/c1-24-13-8(6-25)7-28-19(14(13)26)31-17-12(23)4-11(22)16(15(17)27)30-18-10(21)3-2-9(5-20)29-18/h2,6,10-19,24-27H,3-5,7,20-23H2,1H3/b8-6-/t10-,11+,12-,13+,14-,15+,16?,17+,18-,19-/m1/s1. The first-order valence-corrected chi connectivity index (χ1v) is 10.4. The fraction of sp³-hybridized carbons (Fsp3) is 0.789. The molecule has 0 amide bonds. The van der Waals surface area contributed by atoms with Crippen molar-refractivity contribution in [1.82, 2.24) is 5.32 Å². The van der Waals surface area contributed by atoms with Crippen LogP contribution in [0.15, 0.2) is 23.7 Å². The molecule has 0 aromatic rings. The van der Waals surface area contributed by atoms with Gasteiger partial charge in [0, 0.05) is 17.7 Å². The van der Waals surface area contributed by atoms with Crippen LogP contribution in [0.3, 0.4) is 0 Å². The van der Waals surface area contributed by atoms with Gasteiger partial charge in [-0.2, -0.15) is 0 Å². The molecule has 0 bridgehead atoms. The van der Waals surface area contributed by atoms with E-state index in [0.29, 0.717) is 24.2 Å². The molecule has 0 aromatic carbocycles. The summed E-state index contributed by atoms with van der Waals surface area (Å²) in [5, 5.41) is 33.8. The van der Waals surface area contributed by atoms with Gasteiger partial charge in [0.05, 0.1) is 31.5 Å². The Labute approximate surface area is 181 Å². The van der Waals surface area contributed by atoms with Crippen LogP contribution in [0, 0.1) is 0 Å². The predicted molar refractivity (Wildman–Crippen MR) is 110 cm³/mol. The molecule has 12 nitrogen and oxygen atoms in total. The molecular weight excluding hydrogens is 410 g/mol. The Balaban J connectivity index is 1.69. The van der Waals surface area contributed by atoms with Crippen molar-refractivity contribution in [2.24, 2.45) is 22.9 Å². The van der Waals surface area contributed by atoms with E-state index in [1.165, 1.54) is 0 Å². The molecule has 0 spiro atoms. The number of nitrogens with two attached hydrogens (primary N) is 4. The monoisotopic (exact) mass is 445 g/mol. The summed E-state index contributed by atoms with van der Waals surface area (Å²) >= 11 is 0. The van der Waals surface area contributed by atoms with Crippen molar-refractivity contribution in [2.75, 3.05) is 20.2 Å². The Morgan fingerprint density at radius 1 is 1.10 bits per heavy atom. The van der Waals surface area contributed by atoms with Crippen LogP contribution in [0.4, 0.5) is 0 Å². The number of aliphatic hydroxyl groups is 3. The lowest BCUT2D eigenvalue weighted by molar-refractivity contribution is -0.274. The quantitative estimate of drug-likeness (QED) is 0.190. The highest BCUT2D eigenvalue weighted by molar-refractivity contribution is 5.14. The van der Waals surface area contributed by atoms with Gasteiger partial charge in [0.15, 0.2) is 6.29 Å². The number of ether oxygens (including phenoxy) is 4. The van der Waals surface area contributed by atoms with Crippen LogP contribution in [0.5, 0.6) is 0 Å². The fourth-order valence-electron chi connectivity index (χ4n) is 4.21. The molecule has 10 atom stereocenters. The van der Waals surface area contributed by atoms with Gasteiger partial charge in [-0.15, -0.1) is 0 Å². The van der Waals surface area contributed by atoms with Gasteiger partial charge in [-0.25, -0.2) is 0 Å². The van der Waals surface area contributed by atoms with Crippen molar-refractivity contribution in [2.45, 2.75) is 74.0 Å². The number of nitrogens with one attached hydrogen (secondary N) is 1. The normalized spacial score (nSPS) is 45.3. The van der Waals surface area contributed by atoms with Gasteiger partial charge in [0.2, 0.25) is 6.29 Å². The largest absolute Gasteiger partial charge is 0.515 e. The smallest absolute Gasteiger partial charge is 0.215 e. The minimum absolute atomic E-state index is 0.0419. The second-order valence-corrected chi connectivity index (χ2v) is 8.16. The molecular formula is C19H35N5O7. The van der Waals surface area contributed by atoms with Gasteiger partial charge < -0.3 is 62.5 Å². The number of hydrogen-bond donors (Lipinski definition) is 8. The average Bonchev–Trinajstić information content (AvgIpc) is 2.75. The van der Waals surface area contributed by atoms with Crippen LogP contribution < -0.4 is 28.3 Å².